The van der Waals surface area contributed by atoms with Gasteiger partial charge in [0.05, 0.1) is 50.7 Å². The molecular weight excluding hydrogens is 694 g/mol. The number of nitrogens with zero attached hydrogens (tertiary/aromatic N) is 3. The third kappa shape index (κ3) is 13.4. The van der Waals surface area contributed by atoms with E-state index in [2.05, 4.69) is 20.9 Å². The number of alkyl halides is 2. The first-order valence-corrected chi connectivity index (χ1v) is 17.2. The van der Waals surface area contributed by atoms with Gasteiger partial charge < -0.3 is 56.1 Å². The van der Waals surface area contributed by atoms with Crippen molar-refractivity contribution in [3.63, 3.8) is 0 Å². The third-order valence-corrected chi connectivity index (χ3v) is 8.42. The van der Waals surface area contributed by atoms with Gasteiger partial charge in [0.15, 0.2) is 0 Å². The van der Waals surface area contributed by atoms with Crippen LogP contribution in [0.5, 0.6) is 0 Å². The molecule has 0 bridgehead atoms. The maximum Gasteiger partial charge on any atom is 0.364 e. The van der Waals surface area contributed by atoms with Gasteiger partial charge in [0.25, 0.3) is 12.2 Å². The number of benzene rings is 1. The Kier molecular flexibility index (Phi) is 17.9. The molecule has 9 N–H and O–H groups in total. The van der Waals surface area contributed by atoms with E-state index in [0.29, 0.717) is 44.7 Å². The van der Waals surface area contributed by atoms with Crippen LogP contribution in [0.15, 0.2) is 30.5 Å². The highest BCUT2D eigenvalue weighted by Gasteiger charge is 2.55. The summed E-state index contributed by atoms with van der Waals surface area (Å²) >= 11 is 0. The average Bonchev–Trinajstić information content (AvgIpc) is 3.58. The molecule has 52 heavy (non-hydrogen) atoms. The van der Waals surface area contributed by atoms with Crippen LogP contribution in [0.2, 0.25) is 0 Å². The highest BCUT2D eigenvalue weighted by atomic mass is 19.3. The number of halogens is 2. The minimum absolute atomic E-state index is 0.0830. The largest absolute Gasteiger partial charge is 0.477 e. The number of aryl methyl sites for hydroxylation is 1. The van der Waals surface area contributed by atoms with Gasteiger partial charge in [-0.05, 0) is 18.4 Å². The van der Waals surface area contributed by atoms with E-state index in [1.807, 2.05) is 6.20 Å². The number of nitrogens with two attached hydrogens (primary N) is 1. The van der Waals surface area contributed by atoms with Crippen molar-refractivity contribution in [2.24, 2.45) is 5.73 Å². The van der Waals surface area contributed by atoms with Crippen LogP contribution in [0.1, 0.15) is 68.2 Å². The van der Waals surface area contributed by atoms with Gasteiger partial charge in [0.2, 0.25) is 11.8 Å². The number of aliphatic hydroxyl groups excluding tert-OH is 4. The standard InChI is InChI=1S/C33H50F2N6O11/c34-31(35)22-9-7-21(8-10-22)15-26(45)37-17-25(44)29(47)30-28(38-27(46)19-42)24(43)16-33(52-30,32(48)49)51-13-6-4-2-1-3-5-12-41-18-23(39-40-41)20-50-14-11-36/h7-10,18,24-25,28-31,42-44,47H,1-6,11-17,19-20,36H2,(H,37,45)(H,38,46)(H,48,49)/t24-,25+,28+,29+,30+,33+/m0/s1. The number of carbonyl (C=O) groups is 3. The van der Waals surface area contributed by atoms with Crippen molar-refractivity contribution in [3.8, 4) is 0 Å². The first-order valence-electron chi connectivity index (χ1n) is 17.2. The van der Waals surface area contributed by atoms with E-state index in [4.69, 9.17) is 19.9 Å². The second-order valence-corrected chi connectivity index (χ2v) is 12.5. The second kappa shape index (κ2) is 21.7. The molecule has 0 spiro atoms. The van der Waals surface area contributed by atoms with Gasteiger partial charge in [0.1, 0.15) is 24.5 Å². The Hall–Kier alpha value is -3.69. The number of unbranched alkanes of at least 4 members (excludes halogenated alkanes) is 5. The molecule has 1 saturated heterocycles. The molecule has 1 aliphatic heterocycles. The number of rotatable bonds is 24. The smallest absolute Gasteiger partial charge is 0.364 e. The Balaban J connectivity index is 1.50. The monoisotopic (exact) mass is 744 g/mol. The van der Waals surface area contributed by atoms with E-state index in [1.165, 1.54) is 24.3 Å². The molecule has 0 radical (unpaired) electrons. The molecule has 19 heteroatoms. The number of aliphatic carboxylic acids is 1. The van der Waals surface area contributed by atoms with Crippen LogP contribution in [0, 0.1) is 0 Å². The molecule has 1 aromatic carbocycles. The summed E-state index contributed by atoms with van der Waals surface area (Å²) in [5.41, 5.74) is 6.33. The van der Waals surface area contributed by atoms with E-state index in [9.17, 15) is 48.7 Å². The molecule has 2 amide bonds. The molecule has 292 valence electrons. The number of amides is 2. The van der Waals surface area contributed by atoms with Crippen LogP contribution in [-0.2, 0) is 48.2 Å². The van der Waals surface area contributed by atoms with Gasteiger partial charge in [-0.15, -0.1) is 5.10 Å². The summed E-state index contributed by atoms with van der Waals surface area (Å²) in [4.78, 5) is 36.9. The van der Waals surface area contributed by atoms with E-state index in [0.717, 1.165) is 31.4 Å². The normalized spacial score (nSPS) is 21.5. The molecule has 1 fully saturated rings. The van der Waals surface area contributed by atoms with Crippen LogP contribution >= 0.6 is 0 Å². The number of ether oxygens (including phenoxy) is 3. The number of nitrogens with one attached hydrogen (secondary N) is 2. The van der Waals surface area contributed by atoms with Gasteiger partial charge in [-0.1, -0.05) is 55.2 Å². The van der Waals surface area contributed by atoms with Crippen LogP contribution < -0.4 is 16.4 Å². The van der Waals surface area contributed by atoms with Gasteiger partial charge >= 0.3 is 5.97 Å². The first kappa shape index (κ1) is 42.7. The molecule has 17 nitrogen and oxygen atoms in total. The Morgan fingerprint density at radius 3 is 2.40 bits per heavy atom. The zero-order chi connectivity index (χ0) is 38.1. The van der Waals surface area contributed by atoms with Gasteiger partial charge in [-0.2, -0.15) is 0 Å². The minimum atomic E-state index is -2.67. The predicted molar refractivity (Wildman–Crippen MR) is 177 cm³/mol. The molecule has 2 aromatic rings. The SMILES string of the molecule is NCCOCc1cn(CCCCCCCCO[C@]2(C(=O)O)C[C@H](O)[C@@H](NC(=O)CO)[C@H]([C@H](O)[C@H](O)CNC(=O)Cc3ccc(C(F)F)cc3)O2)nn1. The van der Waals surface area contributed by atoms with Crippen LogP contribution in [0.4, 0.5) is 8.78 Å². The fourth-order valence-electron chi connectivity index (χ4n) is 5.63. The topological polar surface area (TPSA) is 261 Å². The fraction of sp³-hybridized carbons (Fsp3) is 0.667. The summed E-state index contributed by atoms with van der Waals surface area (Å²) in [6.07, 6.45) is -4.23. The molecule has 6 atom stereocenters. The molecule has 0 unspecified atom stereocenters. The lowest BCUT2D eigenvalue weighted by Crippen LogP contribution is -2.68. The van der Waals surface area contributed by atoms with Gasteiger partial charge in [-0.3, -0.25) is 14.3 Å². The van der Waals surface area contributed by atoms with Crippen molar-refractivity contribution in [2.75, 3.05) is 32.9 Å². The molecule has 3 rings (SSSR count). The van der Waals surface area contributed by atoms with Crippen LogP contribution in [0.3, 0.4) is 0 Å². The molecule has 1 aliphatic rings. The summed E-state index contributed by atoms with van der Waals surface area (Å²) in [5, 5.41) is 64.9. The zero-order valence-corrected chi connectivity index (χ0v) is 28.8. The van der Waals surface area contributed by atoms with Crippen molar-refractivity contribution in [1.29, 1.82) is 0 Å². The minimum Gasteiger partial charge on any atom is -0.477 e. The van der Waals surface area contributed by atoms with Crippen molar-refractivity contribution in [3.05, 3.63) is 47.3 Å². The predicted octanol–water partition coefficient (Wildman–Crippen LogP) is -0.463. The Morgan fingerprint density at radius 2 is 1.75 bits per heavy atom. The summed E-state index contributed by atoms with van der Waals surface area (Å²) in [6, 6.07) is 3.58. The lowest BCUT2D eigenvalue weighted by molar-refractivity contribution is -0.310. The van der Waals surface area contributed by atoms with E-state index >= 15 is 0 Å². The van der Waals surface area contributed by atoms with Crippen molar-refractivity contribution in [2.45, 2.75) is 107 Å². The summed E-state index contributed by atoms with van der Waals surface area (Å²) in [5.74, 6) is -5.65. The van der Waals surface area contributed by atoms with E-state index in [1.54, 1.807) is 4.68 Å². The van der Waals surface area contributed by atoms with Gasteiger partial charge in [0, 0.05) is 31.6 Å². The Bertz CT molecular complexity index is 1390. The molecule has 0 aliphatic carbocycles. The lowest BCUT2D eigenvalue weighted by atomic mass is 9.88. The lowest BCUT2D eigenvalue weighted by Gasteiger charge is -2.46. The third-order valence-electron chi connectivity index (χ3n) is 8.42. The second-order valence-electron chi connectivity index (χ2n) is 12.5. The van der Waals surface area contributed by atoms with Crippen molar-refractivity contribution < 1.29 is 62.9 Å². The summed E-state index contributed by atoms with van der Waals surface area (Å²) < 4.78 is 44.1. The molecular formula is C33H50F2N6O11. The van der Waals surface area contributed by atoms with Crippen LogP contribution in [-0.4, -0.2) is 127 Å². The molecule has 1 aromatic heterocycles. The number of hydrogen-bond acceptors (Lipinski definition) is 13. The van der Waals surface area contributed by atoms with Crippen molar-refractivity contribution in [1.82, 2.24) is 25.6 Å². The highest BCUT2D eigenvalue weighted by Crippen LogP contribution is 2.34. The van der Waals surface area contributed by atoms with E-state index < -0.39 is 80.0 Å². The number of carbonyl (C=O) groups excluding carboxylic acids is 2. The number of aliphatic hydroxyl groups is 4. The fourth-order valence-corrected chi connectivity index (χ4v) is 5.63. The number of aromatic nitrogens is 3. The maximum absolute atomic E-state index is 12.8. The quantitative estimate of drug-likeness (QED) is 0.0633. The number of carboxylic acids is 1. The average molecular weight is 745 g/mol. The molecule has 0 saturated carbocycles. The Labute approximate surface area is 299 Å². The molecule has 2 heterocycles. The van der Waals surface area contributed by atoms with Gasteiger partial charge in [-0.25, -0.2) is 13.6 Å². The zero-order valence-electron chi connectivity index (χ0n) is 28.8. The highest BCUT2D eigenvalue weighted by molar-refractivity contribution is 5.79. The summed E-state index contributed by atoms with van der Waals surface area (Å²) in [6.45, 7) is 0.293. The first-order chi connectivity index (χ1) is 24.9. The van der Waals surface area contributed by atoms with Crippen LogP contribution in [0.25, 0.3) is 0 Å². The van der Waals surface area contributed by atoms with E-state index in [-0.39, 0.29) is 18.6 Å². The maximum atomic E-state index is 12.8. The number of carboxylic acid groups (broad SMARTS) is 1. The summed E-state index contributed by atoms with van der Waals surface area (Å²) in [7, 11) is 0. The number of hydrogen-bond donors (Lipinski definition) is 8. The Morgan fingerprint density at radius 1 is 1.06 bits per heavy atom. The van der Waals surface area contributed by atoms with Crippen molar-refractivity contribution >= 4 is 17.8 Å².